The minimum Gasteiger partial charge on any atom is -0.316 e. The lowest BCUT2D eigenvalue weighted by atomic mass is 10.1. The zero-order chi connectivity index (χ0) is 19.4. The number of amides is 2. The van der Waals surface area contributed by atoms with Crippen molar-refractivity contribution in [3.05, 3.63) is 53.9 Å². The number of carbonyl (C=O) groups excluding carboxylic acids is 1. The second-order valence-corrected chi connectivity index (χ2v) is 8.80. The summed E-state index contributed by atoms with van der Waals surface area (Å²) in [6, 6.07) is 7.87. The van der Waals surface area contributed by atoms with E-state index in [1.807, 2.05) is 19.9 Å². The summed E-state index contributed by atoms with van der Waals surface area (Å²) in [6.07, 6.45) is 4.27. The van der Waals surface area contributed by atoms with Crippen molar-refractivity contribution >= 4 is 21.7 Å². The lowest BCUT2D eigenvalue weighted by molar-refractivity contribution is 0.212. The number of anilines is 1. The largest absolute Gasteiger partial charge is 0.322 e. The molecule has 1 aliphatic rings. The third-order valence-corrected chi connectivity index (χ3v) is 5.92. The Bertz CT molecular complexity index is 886. The first kappa shape index (κ1) is 19.3. The van der Waals surface area contributed by atoms with Gasteiger partial charge in [-0.15, -0.1) is 0 Å². The quantitative estimate of drug-likeness (QED) is 0.796. The van der Waals surface area contributed by atoms with Gasteiger partial charge in [-0.1, -0.05) is 13.8 Å². The molecule has 0 spiro atoms. The lowest BCUT2D eigenvalue weighted by Gasteiger charge is -2.16. The number of aromatic nitrogens is 1. The average molecular weight is 388 g/mol. The molecule has 2 heterocycles. The van der Waals surface area contributed by atoms with Crippen molar-refractivity contribution in [2.45, 2.75) is 38.3 Å². The van der Waals surface area contributed by atoms with Crippen molar-refractivity contribution in [2.24, 2.45) is 5.92 Å². The number of nitrogens with zero attached hydrogens (tertiary/aromatic N) is 2. The van der Waals surface area contributed by atoms with Crippen LogP contribution in [0.25, 0.3) is 0 Å². The third kappa shape index (κ3) is 4.84. The molecule has 0 saturated carbocycles. The summed E-state index contributed by atoms with van der Waals surface area (Å²) in [5.74, 6) is 0.429. The molecule has 2 N–H and O–H groups in total. The maximum Gasteiger partial charge on any atom is 0.322 e. The SMILES string of the molecule is CC(C)CCNS(=O)(=O)c1ccc(NC(=O)N2Cc3ccncc3C2)cc1. The van der Waals surface area contributed by atoms with Crippen LogP contribution in [0.1, 0.15) is 31.4 Å². The van der Waals surface area contributed by atoms with E-state index in [0.29, 0.717) is 31.2 Å². The number of pyridine rings is 1. The molecule has 2 aromatic rings. The zero-order valence-electron chi connectivity index (χ0n) is 15.5. The van der Waals surface area contributed by atoms with Gasteiger partial charge in [0.1, 0.15) is 0 Å². The summed E-state index contributed by atoms with van der Waals surface area (Å²) in [5, 5.41) is 2.81. The number of urea groups is 1. The molecule has 0 saturated heterocycles. The van der Waals surface area contributed by atoms with E-state index in [1.165, 1.54) is 12.1 Å². The van der Waals surface area contributed by atoms with Gasteiger partial charge in [-0.2, -0.15) is 0 Å². The van der Waals surface area contributed by atoms with Crippen LogP contribution in [0.2, 0.25) is 0 Å². The van der Waals surface area contributed by atoms with Crippen molar-refractivity contribution in [2.75, 3.05) is 11.9 Å². The van der Waals surface area contributed by atoms with Gasteiger partial charge in [0, 0.05) is 37.7 Å². The molecule has 2 amide bonds. The molecular weight excluding hydrogens is 364 g/mol. The van der Waals surface area contributed by atoms with Gasteiger partial charge in [-0.3, -0.25) is 4.98 Å². The molecule has 1 aromatic carbocycles. The van der Waals surface area contributed by atoms with E-state index in [-0.39, 0.29) is 10.9 Å². The van der Waals surface area contributed by atoms with Crippen molar-refractivity contribution in [1.29, 1.82) is 0 Å². The van der Waals surface area contributed by atoms with Gasteiger partial charge in [0.15, 0.2) is 0 Å². The Balaban J connectivity index is 1.59. The average Bonchev–Trinajstić information content (AvgIpc) is 3.06. The second kappa shape index (κ2) is 8.06. The first-order valence-corrected chi connectivity index (χ1v) is 10.4. The maximum atomic E-state index is 12.4. The molecule has 27 heavy (non-hydrogen) atoms. The number of hydrogen-bond donors (Lipinski definition) is 2. The molecule has 8 heteroatoms. The van der Waals surface area contributed by atoms with Crippen LogP contribution in [-0.4, -0.2) is 30.9 Å². The van der Waals surface area contributed by atoms with Crippen molar-refractivity contribution < 1.29 is 13.2 Å². The molecule has 0 radical (unpaired) electrons. The number of carbonyl (C=O) groups is 1. The van der Waals surface area contributed by atoms with Crippen LogP contribution >= 0.6 is 0 Å². The first-order chi connectivity index (χ1) is 12.8. The summed E-state index contributed by atoms with van der Waals surface area (Å²) < 4.78 is 27.1. The summed E-state index contributed by atoms with van der Waals surface area (Å²) >= 11 is 0. The summed E-state index contributed by atoms with van der Waals surface area (Å²) in [4.78, 5) is 18.4. The van der Waals surface area contributed by atoms with Crippen molar-refractivity contribution in [3.63, 3.8) is 0 Å². The topological polar surface area (TPSA) is 91.4 Å². The zero-order valence-corrected chi connectivity index (χ0v) is 16.3. The summed E-state index contributed by atoms with van der Waals surface area (Å²) in [6.45, 7) is 5.54. The minimum atomic E-state index is -3.53. The van der Waals surface area contributed by atoms with Gasteiger partial charge >= 0.3 is 6.03 Å². The Kier molecular flexibility index (Phi) is 5.76. The van der Waals surface area contributed by atoms with Crippen LogP contribution in [-0.2, 0) is 23.1 Å². The molecule has 0 aliphatic carbocycles. The fourth-order valence-electron chi connectivity index (χ4n) is 2.85. The van der Waals surface area contributed by atoms with Gasteiger partial charge < -0.3 is 10.2 Å². The Morgan fingerprint density at radius 1 is 1.15 bits per heavy atom. The highest BCUT2D eigenvalue weighted by molar-refractivity contribution is 7.89. The number of rotatable bonds is 6. The number of sulfonamides is 1. The maximum absolute atomic E-state index is 12.4. The van der Waals surface area contributed by atoms with E-state index < -0.39 is 10.0 Å². The van der Waals surface area contributed by atoms with E-state index in [4.69, 9.17) is 0 Å². The molecule has 0 unspecified atom stereocenters. The first-order valence-electron chi connectivity index (χ1n) is 8.92. The summed E-state index contributed by atoms with van der Waals surface area (Å²) in [5.41, 5.74) is 2.69. The molecule has 0 fully saturated rings. The Labute approximate surface area is 159 Å². The number of nitrogens with one attached hydrogen (secondary N) is 2. The molecule has 1 aromatic heterocycles. The monoisotopic (exact) mass is 388 g/mol. The fraction of sp³-hybridized carbons (Fsp3) is 0.368. The normalized spacial score (nSPS) is 13.7. The minimum absolute atomic E-state index is 0.184. The molecule has 3 rings (SSSR count). The van der Waals surface area contributed by atoms with Gasteiger partial charge in [-0.25, -0.2) is 17.9 Å². The van der Waals surface area contributed by atoms with E-state index in [2.05, 4.69) is 15.0 Å². The van der Waals surface area contributed by atoms with Gasteiger partial charge in [0.2, 0.25) is 10.0 Å². The van der Waals surface area contributed by atoms with Crippen LogP contribution in [0.3, 0.4) is 0 Å². The van der Waals surface area contributed by atoms with Crippen molar-refractivity contribution in [3.8, 4) is 0 Å². The highest BCUT2D eigenvalue weighted by atomic mass is 32.2. The van der Waals surface area contributed by atoms with Crippen LogP contribution < -0.4 is 10.0 Å². The van der Waals surface area contributed by atoms with Gasteiger partial charge in [-0.05, 0) is 53.8 Å². The Morgan fingerprint density at radius 3 is 2.52 bits per heavy atom. The smallest absolute Gasteiger partial charge is 0.316 e. The summed E-state index contributed by atoms with van der Waals surface area (Å²) in [7, 11) is -3.53. The Morgan fingerprint density at radius 2 is 1.85 bits per heavy atom. The van der Waals surface area contributed by atoms with Crippen LogP contribution in [0.5, 0.6) is 0 Å². The molecule has 1 aliphatic heterocycles. The molecule has 7 nitrogen and oxygen atoms in total. The Hall–Kier alpha value is -2.45. The van der Waals surface area contributed by atoms with E-state index in [1.54, 1.807) is 29.4 Å². The van der Waals surface area contributed by atoms with E-state index in [9.17, 15) is 13.2 Å². The molecule has 0 atom stereocenters. The van der Waals surface area contributed by atoms with Crippen LogP contribution in [0.15, 0.2) is 47.6 Å². The standard InChI is InChI=1S/C19H24N4O3S/c1-14(2)7-10-21-27(25,26)18-5-3-17(4-6-18)22-19(24)23-12-15-8-9-20-11-16(15)13-23/h3-6,8-9,11,14,21H,7,10,12-13H2,1-2H3,(H,22,24). The van der Waals surface area contributed by atoms with Crippen LogP contribution in [0, 0.1) is 5.92 Å². The lowest BCUT2D eigenvalue weighted by Crippen LogP contribution is -2.30. The van der Waals surface area contributed by atoms with Crippen LogP contribution in [0.4, 0.5) is 10.5 Å². The highest BCUT2D eigenvalue weighted by Crippen LogP contribution is 2.22. The predicted octanol–water partition coefficient (Wildman–Crippen LogP) is 2.95. The van der Waals surface area contributed by atoms with Gasteiger partial charge in [0.25, 0.3) is 0 Å². The van der Waals surface area contributed by atoms with Gasteiger partial charge in [0.05, 0.1) is 4.90 Å². The second-order valence-electron chi connectivity index (χ2n) is 7.04. The van der Waals surface area contributed by atoms with Crippen molar-refractivity contribution in [1.82, 2.24) is 14.6 Å². The predicted molar refractivity (Wildman–Crippen MR) is 104 cm³/mol. The number of fused-ring (bicyclic) bond motifs is 1. The van der Waals surface area contributed by atoms with E-state index in [0.717, 1.165) is 17.5 Å². The van der Waals surface area contributed by atoms with E-state index >= 15 is 0 Å². The molecule has 144 valence electrons. The molecular formula is C19H24N4O3S. The fourth-order valence-corrected chi connectivity index (χ4v) is 3.90. The highest BCUT2D eigenvalue weighted by Gasteiger charge is 2.23. The third-order valence-electron chi connectivity index (χ3n) is 4.44. The number of hydrogen-bond acceptors (Lipinski definition) is 4. The molecule has 0 bridgehead atoms. The number of benzene rings is 1.